The Morgan fingerprint density at radius 2 is 1.90 bits per heavy atom. The molecule has 0 N–H and O–H groups in total. The van der Waals surface area contributed by atoms with Gasteiger partial charge in [-0.3, -0.25) is 4.79 Å². The summed E-state index contributed by atoms with van der Waals surface area (Å²) in [5.41, 5.74) is 0.199. The van der Waals surface area contributed by atoms with Crippen molar-refractivity contribution in [2.45, 2.75) is 39.0 Å². The van der Waals surface area contributed by atoms with E-state index in [1.54, 1.807) is 13.0 Å². The maximum atomic E-state index is 12.4. The Bertz CT molecular complexity index is 444. The summed E-state index contributed by atoms with van der Waals surface area (Å²) in [7, 11) is 0. The molecule has 1 atom stereocenters. The van der Waals surface area contributed by atoms with Crippen molar-refractivity contribution in [2.75, 3.05) is 6.61 Å². The second-order valence-corrected chi connectivity index (χ2v) is 4.18. The maximum absolute atomic E-state index is 12.4. The fourth-order valence-corrected chi connectivity index (χ4v) is 1.92. The first-order chi connectivity index (χ1) is 9.39. The van der Waals surface area contributed by atoms with Crippen LogP contribution in [0.5, 0.6) is 5.75 Å². The van der Waals surface area contributed by atoms with E-state index >= 15 is 0 Å². The number of halogens is 3. The van der Waals surface area contributed by atoms with E-state index in [1.807, 2.05) is 6.92 Å². The molecule has 20 heavy (non-hydrogen) atoms. The number of hydrogen-bond acceptors (Lipinski definition) is 3. The molecule has 0 saturated carbocycles. The van der Waals surface area contributed by atoms with Crippen LogP contribution in [0, 0.1) is 0 Å². The Morgan fingerprint density at radius 3 is 2.45 bits per heavy atom. The standard InChI is InChI=1S/C14H17F3O3/c1-3-7-11(13(18)19-4-2)10-8-5-6-9-12(10)20-14(15,16)17/h5-6,8-9,11H,3-4,7H2,1-2H3. The van der Waals surface area contributed by atoms with Gasteiger partial charge in [0.25, 0.3) is 0 Å². The summed E-state index contributed by atoms with van der Waals surface area (Å²) in [6.45, 7) is 3.68. The number of benzene rings is 1. The Labute approximate surface area is 115 Å². The lowest BCUT2D eigenvalue weighted by Gasteiger charge is -2.19. The molecule has 1 unspecified atom stereocenters. The molecular formula is C14H17F3O3. The van der Waals surface area contributed by atoms with Gasteiger partial charge in [0.1, 0.15) is 5.75 Å². The fraction of sp³-hybridized carbons (Fsp3) is 0.500. The predicted molar refractivity (Wildman–Crippen MR) is 67.4 cm³/mol. The molecule has 0 aliphatic heterocycles. The van der Waals surface area contributed by atoms with Crippen molar-refractivity contribution in [1.29, 1.82) is 0 Å². The molecule has 112 valence electrons. The van der Waals surface area contributed by atoms with Gasteiger partial charge in [-0.05, 0) is 19.4 Å². The third-order valence-electron chi connectivity index (χ3n) is 2.67. The first-order valence-corrected chi connectivity index (χ1v) is 6.40. The van der Waals surface area contributed by atoms with Gasteiger partial charge in [-0.25, -0.2) is 0 Å². The van der Waals surface area contributed by atoms with Crippen molar-refractivity contribution in [1.82, 2.24) is 0 Å². The van der Waals surface area contributed by atoms with Gasteiger partial charge in [0.15, 0.2) is 0 Å². The van der Waals surface area contributed by atoms with Crippen LogP contribution >= 0.6 is 0 Å². The summed E-state index contributed by atoms with van der Waals surface area (Å²) >= 11 is 0. The second-order valence-electron chi connectivity index (χ2n) is 4.18. The lowest BCUT2D eigenvalue weighted by Crippen LogP contribution is -2.21. The fourth-order valence-electron chi connectivity index (χ4n) is 1.92. The molecule has 6 heteroatoms. The van der Waals surface area contributed by atoms with Crippen LogP contribution in [0.15, 0.2) is 24.3 Å². The lowest BCUT2D eigenvalue weighted by molar-refractivity contribution is -0.275. The number of alkyl halides is 3. The van der Waals surface area contributed by atoms with E-state index in [1.165, 1.54) is 18.2 Å². The highest BCUT2D eigenvalue weighted by Crippen LogP contribution is 2.34. The van der Waals surface area contributed by atoms with E-state index in [4.69, 9.17) is 4.74 Å². The minimum Gasteiger partial charge on any atom is -0.466 e. The molecular weight excluding hydrogens is 273 g/mol. The molecule has 0 fully saturated rings. The molecule has 0 radical (unpaired) electrons. The van der Waals surface area contributed by atoms with Gasteiger partial charge in [-0.2, -0.15) is 0 Å². The van der Waals surface area contributed by atoms with Gasteiger partial charge >= 0.3 is 12.3 Å². The smallest absolute Gasteiger partial charge is 0.466 e. The molecule has 0 aliphatic rings. The Kier molecular flexibility index (Phi) is 5.85. The first kappa shape index (κ1) is 16.3. The van der Waals surface area contributed by atoms with E-state index < -0.39 is 18.2 Å². The average Bonchev–Trinajstić information content (AvgIpc) is 2.35. The van der Waals surface area contributed by atoms with Crippen LogP contribution in [0.2, 0.25) is 0 Å². The molecule has 1 rings (SSSR count). The molecule has 0 heterocycles. The normalized spacial score (nSPS) is 12.8. The van der Waals surface area contributed by atoms with Crippen LogP contribution in [-0.2, 0) is 9.53 Å². The highest BCUT2D eigenvalue weighted by Gasteiger charge is 2.34. The molecule has 1 aromatic rings. The molecule has 0 bridgehead atoms. The lowest BCUT2D eigenvalue weighted by atomic mass is 9.94. The van der Waals surface area contributed by atoms with Crippen molar-refractivity contribution in [3.63, 3.8) is 0 Å². The predicted octanol–water partition coefficient (Wildman–Crippen LogP) is 4.03. The Hall–Kier alpha value is -1.72. The van der Waals surface area contributed by atoms with Crippen LogP contribution in [-0.4, -0.2) is 18.9 Å². The van der Waals surface area contributed by atoms with Gasteiger partial charge in [0.2, 0.25) is 0 Å². The number of carbonyl (C=O) groups excluding carboxylic acids is 1. The molecule has 0 saturated heterocycles. The third kappa shape index (κ3) is 4.75. The number of hydrogen-bond donors (Lipinski definition) is 0. The maximum Gasteiger partial charge on any atom is 0.573 e. The minimum absolute atomic E-state index is 0.182. The zero-order valence-electron chi connectivity index (χ0n) is 11.4. The van der Waals surface area contributed by atoms with Crippen molar-refractivity contribution in [3.8, 4) is 5.75 Å². The largest absolute Gasteiger partial charge is 0.573 e. The second kappa shape index (κ2) is 7.17. The topological polar surface area (TPSA) is 35.5 Å². The molecule has 3 nitrogen and oxygen atoms in total. The third-order valence-corrected chi connectivity index (χ3v) is 2.67. The highest BCUT2D eigenvalue weighted by molar-refractivity contribution is 5.79. The summed E-state index contributed by atoms with van der Waals surface area (Å²) in [5.74, 6) is -1.64. The van der Waals surface area contributed by atoms with Crippen LogP contribution in [0.3, 0.4) is 0 Å². The van der Waals surface area contributed by atoms with E-state index in [0.717, 1.165) is 0 Å². The van der Waals surface area contributed by atoms with Gasteiger partial charge < -0.3 is 9.47 Å². The Morgan fingerprint density at radius 1 is 1.25 bits per heavy atom. The van der Waals surface area contributed by atoms with Crippen molar-refractivity contribution < 1.29 is 27.4 Å². The van der Waals surface area contributed by atoms with Crippen LogP contribution in [0.25, 0.3) is 0 Å². The minimum atomic E-state index is -4.79. The Balaban J connectivity index is 3.09. The van der Waals surface area contributed by atoms with E-state index in [9.17, 15) is 18.0 Å². The van der Waals surface area contributed by atoms with Crippen molar-refractivity contribution >= 4 is 5.97 Å². The quantitative estimate of drug-likeness (QED) is 0.742. The van der Waals surface area contributed by atoms with Gasteiger partial charge in [-0.1, -0.05) is 31.5 Å². The first-order valence-electron chi connectivity index (χ1n) is 6.40. The summed E-state index contributed by atoms with van der Waals surface area (Å²) in [6.07, 6.45) is -3.75. The summed E-state index contributed by atoms with van der Waals surface area (Å²) < 4.78 is 46.0. The van der Waals surface area contributed by atoms with Gasteiger partial charge in [-0.15, -0.1) is 13.2 Å². The van der Waals surface area contributed by atoms with E-state index in [2.05, 4.69) is 4.74 Å². The zero-order chi connectivity index (χ0) is 15.2. The van der Waals surface area contributed by atoms with Crippen molar-refractivity contribution in [3.05, 3.63) is 29.8 Å². The van der Waals surface area contributed by atoms with Crippen molar-refractivity contribution in [2.24, 2.45) is 0 Å². The van der Waals surface area contributed by atoms with Gasteiger partial charge in [0.05, 0.1) is 12.5 Å². The number of esters is 1. The van der Waals surface area contributed by atoms with Crippen LogP contribution in [0.1, 0.15) is 38.2 Å². The summed E-state index contributed by atoms with van der Waals surface area (Å²) in [5, 5.41) is 0. The van der Waals surface area contributed by atoms with E-state index in [-0.39, 0.29) is 17.9 Å². The van der Waals surface area contributed by atoms with E-state index in [0.29, 0.717) is 12.8 Å². The summed E-state index contributed by atoms with van der Waals surface area (Å²) in [6, 6.07) is 5.65. The molecule has 0 aromatic heterocycles. The monoisotopic (exact) mass is 290 g/mol. The molecule has 0 aliphatic carbocycles. The number of para-hydroxylation sites is 1. The molecule has 1 aromatic carbocycles. The van der Waals surface area contributed by atoms with Gasteiger partial charge in [0, 0.05) is 5.56 Å². The zero-order valence-corrected chi connectivity index (χ0v) is 11.4. The SMILES string of the molecule is CCCC(C(=O)OCC)c1ccccc1OC(F)(F)F. The molecule has 0 spiro atoms. The van der Waals surface area contributed by atoms with Crippen LogP contribution in [0.4, 0.5) is 13.2 Å². The number of rotatable bonds is 6. The van der Waals surface area contributed by atoms with Crippen LogP contribution < -0.4 is 4.74 Å². The number of carbonyl (C=O) groups is 1. The number of ether oxygens (including phenoxy) is 2. The summed E-state index contributed by atoms with van der Waals surface area (Å²) in [4.78, 5) is 11.9. The highest BCUT2D eigenvalue weighted by atomic mass is 19.4. The average molecular weight is 290 g/mol. The molecule has 0 amide bonds.